The van der Waals surface area contributed by atoms with Crippen molar-refractivity contribution in [2.45, 2.75) is 19.4 Å². The fourth-order valence-corrected chi connectivity index (χ4v) is 1.42. The first-order valence-corrected chi connectivity index (χ1v) is 5.34. The third-order valence-electron chi connectivity index (χ3n) is 2.41. The summed E-state index contributed by atoms with van der Waals surface area (Å²) in [5.74, 6) is -3.03. The van der Waals surface area contributed by atoms with Crippen LogP contribution in [-0.4, -0.2) is 27.9 Å². The van der Waals surface area contributed by atoms with Gasteiger partial charge in [0.05, 0.1) is 11.0 Å². The molecule has 0 aromatic heterocycles. The zero-order valence-electron chi connectivity index (χ0n) is 9.92. The van der Waals surface area contributed by atoms with Crippen LogP contribution in [0.1, 0.15) is 23.7 Å². The van der Waals surface area contributed by atoms with Gasteiger partial charge in [-0.15, -0.1) is 0 Å². The Morgan fingerprint density at radius 3 is 2.63 bits per heavy atom. The van der Waals surface area contributed by atoms with Gasteiger partial charge < -0.3 is 10.4 Å². The Labute approximate surface area is 107 Å². The summed E-state index contributed by atoms with van der Waals surface area (Å²) in [5, 5.41) is 21.6. The van der Waals surface area contributed by atoms with Crippen molar-refractivity contribution in [3.63, 3.8) is 0 Å². The van der Waals surface area contributed by atoms with Crippen LogP contribution >= 0.6 is 0 Å². The lowest BCUT2D eigenvalue weighted by atomic mass is 10.1. The smallest absolute Gasteiger partial charge is 0.326 e. The quantitative estimate of drug-likeness (QED) is 0.619. The van der Waals surface area contributed by atoms with E-state index in [4.69, 9.17) is 5.11 Å². The van der Waals surface area contributed by atoms with Gasteiger partial charge in [-0.2, -0.15) is 0 Å². The van der Waals surface area contributed by atoms with Gasteiger partial charge in [0.1, 0.15) is 17.4 Å². The summed E-state index contributed by atoms with van der Waals surface area (Å²) in [5.41, 5.74) is -1.09. The van der Waals surface area contributed by atoms with Gasteiger partial charge in [-0.25, -0.2) is 9.18 Å². The number of halogens is 1. The number of hydrogen-bond acceptors (Lipinski definition) is 4. The number of aliphatic carboxylic acids is 1. The number of nitrogens with zero attached hydrogens (tertiary/aromatic N) is 1. The Morgan fingerprint density at radius 1 is 1.53 bits per heavy atom. The van der Waals surface area contributed by atoms with Gasteiger partial charge in [0.2, 0.25) is 0 Å². The van der Waals surface area contributed by atoms with Crippen molar-refractivity contribution in [3.8, 4) is 0 Å². The van der Waals surface area contributed by atoms with Gasteiger partial charge >= 0.3 is 5.97 Å². The minimum atomic E-state index is -1.25. The highest BCUT2D eigenvalue weighted by molar-refractivity contribution is 5.99. The third-order valence-corrected chi connectivity index (χ3v) is 2.41. The molecule has 7 nitrogen and oxygen atoms in total. The summed E-state index contributed by atoms with van der Waals surface area (Å²) >= 11 is 0. The molecular formula is C11H11FN2O5. The minimum Gasteiger partial charge on any atom is -0.480 e. The van der Waals surface area contributed by atoms with Crippen LogP contribution in [0.3, 0.4) is 0 Å². The number of amides is 1. The van der Waals surface area contributed by atoms with E-state index in [2.05, 4.69) is 5.32 Å². The Balaban J connectivity index is 3.06. The largest absolute Gasteiger partial charge is 0.480 e. The molecule has 1 aromatic rings. The van der Waals surface area contributed by atoms with E-state index in [0.29, 0.717) is 6.07 Å². The van der Waals surface area contributed by atoms with E-state index < -0.39 is 34.3 Å². The Hall–Kier alpha value is -2.51. The first-order valence-electron chi connectivity index (χ1n) is 5.34. The van der Waals surface area contributed by atoms with Gasteiger partial charge in [0, 0.05) is 0 Å². The van der Waals surface area contributed by atoms with Crippen molar-refractivity contribution in [3.05, 3.63) is 39.7 Å². The molecule has 102 valence electrons. The van der Waals surface area contributed by atoms with Crippen molar-refractivity contribution in [1.29, 1.82) is 0 Å². The van der Waals surface area contributed by atoms with Crippen LogP contribution in [0, 0.1) is 15.9 Å². The van der Waals surface area contributed by atoms with E-state index in [-0.39, 0.29) is 12.0 Å². The Morgan fingerprint density at radius 2 is 2.16 bits per heavy atom. The summed E-state index contributed by atoms with van der Waals surface area (Å²) in [6, 6.07) is 1.29. The second-order valence-electron chi connectivity index (χ2n) is 3.69. The fourth-order valence-electron chi connectivity index (χ4n) is 1.42. The van der Waals surface area contributed by atoms with Crippen molar-refractivity contribution >= 4 is 17.6 Å². The molecule has 0 bridgehead atoms. The molecule has 0 aliphatic heterocycles. The maximum absolute atomic E-state index is 12.9. The highest BCUT2D eigenvalue weighted by atomic mass is 19.1. The number of carbonyl (C=O) groups excluding carboxylic acids is 1. The highest BCUT2D eigenvalue weighted by Crippen LogP contribution is 2.19. The van der Waals surface area contributed by atoms with Crippen molar-refractivity contribution in [2.24, 2.45) is 0 Å². The number of carboxylic acids is 1. The zero-order chi connectivity index (χ0) is 14.6. The second kappa shape index (κ2) is 5.89. The van der Waals surface area contributed by atoms with Crippen molar-refractivity contribution < 1.29 is 24.0 Å². The van der Waals surface area contributed by atoms with E-state index in [1.54, 1.807) is 0 Å². The van der Waals surface area contributed by atoms with Crippen LogP contribution in [0.2, 0.25) is 0 Å². The summed E-state index contributed by atoms with van der Waals surface area (Å²) in [4.78, 5) is 32.3. The number of carboxylic acid groups (broad SMARTS) is 1. The number of nitrogens with one attached hydrogen (secondary N) is 1. The summed E-state index contributed by atoms with van der Waals surface area (Å²) < 4.78 is 12.9. The summed E-state index contributed by atoms with van der Waals surface area (Å²) in [7, 11) is 0. The molecule has 19 heavy (non-hydrogen) atoms. The second-order valence-corrected chi connectivity index (χ2v) is 3.69. The number of nitro groups is 1. The van der Waals surface area contributed by atoms with Crippen LogP contribution in [-0.2, 0) is 4.79 Å². The molecule has 1 aromatic carbocycles. The first-order chi connectivity index (χ1) is 8.86. The lowest BCUT2D eigenvalue weighted by Gasteiger charge is -2.12. The van der Waals surface area contributed by atoms with Gasteiger partial charge in [0.25, 0.3) is 11.6 Å². The number of rotatable bonds is 5. The monoisotopic (exact) mass is 270 g/mol. The molecule has 0 heterocycles. The van der Waals surface area contributed by atoms with Crippen molar-refractivity contribution in [2.75, 3.05) is 0 Å². The SMILES string of the molecule is CC[C@H](NC(=O)c1ccc(F)cc1[N+](=O)[O-])C(=O)O. The topological polar surface area (TPSA) is 110 Å². The standard InChI is InChI=1S/C11H11FN2O5/c1-2-8(11(16)17)13-10(15)7-4-3-6(12)5-9(7)14(18)19/h3-5,8H,2H2,1H3,(H,13,15)(H,16,17)/t8-/m0/s1. The predicted molar refractivity (Wildman–Crippen MR) is 62.2 cm³/mol. The molecule has 0 fully saturated rings. The van der Waals surface area contributed by atoms with Gasteiger partial charge in [-0.05, 0) is 18.6 Å². The van der Waals surface area contributed by atoms with E-state index in [0.717, 1.165) is 12.1 Å². The van der Waals surface area contributed by atoms with Crippen LogP contribution < -0.4 is 5.32 Å². The van der Waals surface area contributed by atoms with Gasteiger partial charge in [0.15, 0.2) is 0 Å². The lowest BCUT2D eigenvalue weighted by molar-refractivity contribution is -0.385. The van der Waals surface area contributed by atoms with Crippen LogP contribution in [0.15, 0.2) is 18.2 Å². The number of nitro benzene ring substituents is 1. The molecule has 1 atom stereocenters. The zero-order valence-corrected chi connectivity index (χ0v) is 9.92. The maximum atomic E-state index is 12.9. The molecule has 2 N–H and O–H groups in total. The van der Waals surface area contributed by atoms with Gasteiger partial charge in [-0.1, -0.05) is 6.92 Å². The van der Waals surface area contributed by atoms with E-state index >= 15 is 0 Å². The van der Waals surface area contributed by atoms with E-state index in [9.17, 15) is 24.1 Å². The molecule has 0 unspecified atom stereocenters. The average molecular weight is 270 g/mol. The molecule has 0 aliphatic carbocycles. The van der Waals surface area contributed by atoms with Crippen LogP contribution in [0.5, 0.6) is 0 Å². The molecule has 0 spiro atoms. The predicted octanol–water partition coefficient (Wildman–Crippen LogP) is 1.33. The van der Waals surface area contributed by atoms with Gasteiger partial charge in [-0.3, -0.25) is 14.9 Å². The van der Waals surface area contributed by atoms with E-state index in [1.807, 2.05) is 0 Å². The number of hydrogen-bond donors (Lipinski definition) is 2. The fraction of sp³-hybridized carbons (Fsp3) is 0.273. The Kier molecular flexibility index (Phi) is 4.51. The minimum absolute atomic E-state index is 0.121. The molecule has 0 radical (unpaired) electrons. The first kappa shape index (κ1) is 14.6. The number of carbonyl (C=O) groups is 2. The van der Waals surface area contributed by atoms with Crippen LogP contribution in [0.25, 0.3) is 0 Å². The Bertz CT molecular complexity index is 532. The van der Waals surface area contributed by atoms with E-state index in [1.165, 1.54) is 6.92 Å². The average Bonchev–Trinajstić information content (AvgIpc) is 2.34. The molecule has 1 rings (SSSR count). The molecule has 0 aliphatic rings. The molecule has 8 heteroatoms. The van der Waals surface area contributed by atoms with Crippen molar-refractivity contribution in [1.82, 2.24) is 5.32 Å². The van der Waals surface area contributed by atoms with Crippen LogP contribution in [0.4, 0.5) is 10.1 Å². The summed E-state index contributed by atoms with van der Waals surface area (Å²) in [6.45, 7) is 1.54. The number of benzene rings is 1. The molecular weight excluding hydrogens is 259 g/mol. The lowest BCUT2D eigenvalue weighted by Crippen LogP contribution is -2.40. The molecule has 0 saturated heterocycles. The highest BCUT2D eigenvalue weighted by Gasteiger charge is 2.24. The maximum Gasteiger partial charge on any atom is 0.326 e. The molecule has 1 amide bonds. The molecule has 0 saturated carbocycles. The third kappa shape index (κ3) is 3.47. The normalized spacial score (nSPS) is 11.7. The summed E-state index contributed by atoms with van der Waals surface area (Å²) in [6.07, 6.45) is 0.121.